The minimum Gasteiger partial charge on any atom is -0.491 e. The quantitative estimate of drug-likeness (QED) is 0.333. The molecule has 0 aromatic heterocycles. The summed E-state index contributed by atoms with van der Waals surface area (Å²) in [7, 11) is 0. The van der Waals surface area contributed by atoms with Crippen molar-refractivity contribution in [2.45, 2.75) is 33.1 Å². The third kappa shape index (κ3) is 4.73. The molecular formula is C22H21Br2NO3. The van der Waals surface area contributed by atoms with Gasteiger partial charge in [-0.05, 0) is 85.7 Å². The minimum atomic E-state index is -0.457. The van der Waals surface area contributed by atoms with E-state index in [0.29, 0.717) is 18.4 Å². The van der Waals surface area contributed by atoms with Crippen molar-refractivity contribution in [1.82, 2.24) is 0 Å². The number of benzene rings is 2. The third-order valence-corrected chi connectivity index (χ3v) is 5.40. The Bertz CT molecular complexity index is 924. The zero-order chi connectivity index (χ0) is 20.3. The highest BCUT2D eigenvalue weighted by atomic mass is 79.9. The molecule has 1 heterocycles. The Balaban J connectivity index is 1.87. The summed E-state index contributed by atoms with van der Waals surface area (Å²) < 4.78 is 12.7. The van der Waals surface area contributed by atoms with Gasteiger partial charge in [0.05, 0.1) is 15.6 Å². The second-order valence-corrected chi connectivity index (χ2v) is 8.48. The van der Waals surface area contributed by atoms with Crippen LogP contribution in [0.3, 0.4) is 0 Å². The first-order valence-corrected chi connectivity index (χ1v) is 10.7. The third-order valence-electron chi connectivity index (χ3n) is 4.22. The van der Waals surface area contributed by atoms with Crippen LogP contribution in [0, 0.1) is 0 Å². The molecule has 0 amide bonds. The summed E-state index contributed by atoms with van der Waals surface area (Å²) in [5.74, 6) is 1.06. The maximum absolute atomic E-state index is 12.3. The molecule has 0 bridgehead atoms. The van der Waals surface area contributed by atoms with Crippen molar-refractivity contribution in [3.8, 4) is 5.75 Å². The fourth-order valence-corrected chi connectivity index (χ4v) is 4.16. The molecule has 2 aromatic carbocycles. The fraction of sp³-hybridized carbons (Fsp3) is 0.273. The van der Waals surface area contributed by atoms with E-state index in [4.69, 9.17) is 9.47 Å². The van der Waals surface area contributed by atoms with Crippen molar-refractivity contribution in [3.63, 3.8) is 0 Å². The van der Waals surface area contributed by atoms with Crippen molar-refractivity contribution in [2.75, 3.05) is 6.61 Å². The normalized spacial score (nSPS) is 15.1. The molecule has 6 heteroatoms. The van der Waals surface area contributed by atoms with Gasteiger partial charge < -0.3 is 9.47 Å². The number of carbonyl (C=O) groups is 1. The van der Waals surface area contributed by atoms with E-state index in [2.05, 4.69) is 57.6 Å². The van der Waals surface area contributed by atoms with Crippen molar-refractivity contribution in [3.05, 3.63) is 67.7 Å². The lowest BCUT2D eigenvalue weighted by atomic mass is 10.0. The standard InChI is InChI=1S/C22H21Br2NO3/c1-4-9-27-20-17(23)10-14(11-18(20)24)12-19-22(26)28-21(25-19)16-7-5-15(6-8-16)13(2)3/h5-8,10-13H,4,9H2,1-3H3/b19-12-. The van der Waals surface area contributed by atoms with E-state index < -0.39 is 5.97 Å². The number of halogens is 2. The molecule has 1 aliphatic heterocycles. The molecule has 0 spiro atoms. The second kappa shape index (κ2) is 9.05. The molecular weight excluding hydrogens is 486 g/mol. The van der Waals surface area contributed by atoms with Gasteiger partial charge in [-0.3, -0.25) is 0 Å². The lowest BCUT2D eigenvalue weighted by Gasteiger charge is -2.10. The predicted octanol–water partition coefficient (Wildman–Crippen LogP) is 6.47. The summed E-state index contributed by atoms with van der Waals surface area (Å²) in [6.45, 7) is 6.96. The molecule has 0 N–H and O–H groups in total. The Morgan fingerprint density at radius 1 is 1.14 bits per heavy atom. The molecule has 0 aliphatic carbocycles. The summed E-state index contributed by atoms with van der Waals surface area (Å²) in [4.78, 5) is 16.6. The first-order chi connectivity index (χ1) is 13.4. The lowest BCUT2D eigenvalue weighted by Crippen LogP contribution is -2.05. The van der Waals surface area contributed by atoms with Crippen LogP contribution in [-0.2, 0) is 9.53 Å². The van der Waals surface area contributed by atoms with Crippen LogP contribution < -0.4 is 4.74 Å². The van der Waals surface area contributed by atoms with E-state index in [0.717, 1.165) is 32.2 Å². The number of aliphatic imine (C=N–C) groups is 1. The molecule has 4 nitrogen and oxygen atoms in total. The number of cyclic esters (lactones) is 1. The van der Waals surface area contributed by atoms with E-state index in [1.807, 2.05) is 36.4 Å². The van der Waals surface area contributed by atoms with E-state index in [-0.39, 0.29) is 5.70 Å². The maximum Gasteiger partial charge on any atom is 0.363 e. The molecule has 3 rings (SSSR count). The summed E-state index contributed by atoms with van der Waals surface area (Å²) in [5, 5.41) is 0. The highest BCUT2D eigenvalue weighted by molar-refractivity contribution is 9.11. The van der Waals surface area contributed by atoms with E-state index in [1.165, 1.54) is 5.56 Å². The zero-order valence-electron chi connectivity index (χ0n) is 16.0. The number of rotatable bonds is 6. The Morgan fingerprint density at radius 2 is 1.79 bits per heavy atom. The fourth-order valence-electron chi connectivity index (χ4n) is 2.71. The van der Waals surface area contributed by atoms with Gasteiger partial charge in [0, 0.05) is 5.56 Å². The van der Waals surface area contributed by atoms with Gasteiger partial charge in [0.2, 0.25) is 5.90 Å². The molecule has 0 atom stereocenters. The molecule has 1 aliphatic rings. The number of nitrogens with zero attached hydrogens (tertiary/aromatic N) is 1. The topological polar surface area (TPSA) is 47.9 Å². The molecule has 28 heavy (non-hydrogen) atoms. The molecule has 0 saturated carbocycles. The van der Waals surface area contributed by atoms with Crippen LogP contribution in [0.15, 0.2) is 56.0 Å². The number of esters is 1. The zero-order valence-corrected chi connectivity index (χ0v) is 19.1. The molecule has 0 saturated heterocycles. The average Bonchev–Trinajstić information content (AvgIpc) is 3.01. The van der Waals surface area contributed by atoms with Crippen LogP contribution in [0.25, 0.3) is 6.08 Å². The van der Waals surface area contributed by atoms with Crippen LogP contribution in [0.2, 0.25) is 0 Å². The van der Waals surface area contributed by atoms with Gasteiger partial charge in [-0.15, -0.1) is 0 Å². The number of hydrogen-bond acceptors (Lipinski definition) is 4. The van der Waals surface area contributed by atoms with Gasteiger partial charge >= 0.3 is 5.97 Å². The largest absolute Gasteiger partial charge is 0.491 e. The highest BCUT2D eigenvalue weighted by Crippen LogP contribution is 2.36. The average molecular weight is 507 g/mol. The number of hydrogen-bond donors (Lipinski definition) is 0. The molecule has 2 aromatic rings. The van der Waals surface area contributed by atoms with Crippen molar-refractivity contribution in [1.29, 1.82) is 0 Å². The van der Waals surface area contributed by atoms with Gasteiger partial charge in [0.15, 0.2) is 5.70 Å². The van der Waals surface area contributed by atoms with E-state index >= 15 is 0 Å². The van der Waals surface area contributed by atoms with Crippen LogP contribution in [0.4, 0.5) is 0 Å². The van der Waals surface area contributed by atoms with Gasteiger partial charge in [0.1, 0.15) is 5.75 Å². The number of carbonyl (C=O) groups excluding carboxylic acids is 1. The van der Waals surface area contributed by atoms with Crippen molar-refractivity contribution < 1.29 is 14.3 Å². The Kier molecular flexibility index (Phi) is 6.73. The molecule has 0 fully saturated rings. The molecule has 0 radical (unpaired) electrons. The van der Waals surface area contributed by atoms with Gasteiger partial charge in [-0.25, -0.2) is 9.79 Å². The van der Waals surface area contributed by atoms with Crippen LogP contribution in [-0.4, -0.2) is 18.5 Å². The molecule has 146 valence electrons. The van der Waals surface area contributed by atoms with Crippen LogP contribution in [0.5, 0.6) is 5.75 Å². The van der Waals surface area contributed by atoms with Gasteiger partial charge in [-0.1, -0.05) is 32.9 Å². The Hall–Kier alpha value is -1.92. The summed E-state index contributed by atoms with van der Waals surface area (Å²) in [5.41, 5.74) is 3.09. The van der Waals surface area contributed by atoms with E-state index in [1.54, 1.807) is 6.08 Å². The predicted molar refractivity (Wildman–Crippen MR) is 119 cm³/mol. The molecule has 0 unspecified atom stereocenters. The summed E-state index contributed by atoms with van der Waals surface area (Å²) >= 11 is 7.05. The lowest BCUT2D eigenvalue weighted by molar-refractivity contribution is -0.129. The first-order valence-electron chi connectivity index (χ1n) is 9.13. The maximum atomic E-state index is 12.3. The SMILES string of the molecule is CCCOc1c(Br)cc(/C=C2\N=C(c3ccc(C(C)C)cc3)OC2=O)cc1Br. The minimum absolute atomic E-state index is 0.268. The van der Waals surface area contributed by atoms with E-state index in [9.17, 15) is 4.79 Å². The summed E-state index contributed by atoms with van der Waals surface area (Å²) in [6.07, 6.45) is 2.63. The van der Waals surface area contributed by atoms with Crippen LogP contribution in [0.1, 0.15) is 49.8 Å². The highest BCUT2D eigenvalue weighted by Gasteiger charge is 2.24. The van der Waals surface area contributed by atoms with Gasteiger partial charge in [-0.2, -0.15) is 0 Å². The first kappa shape index (κ1) is 20.8. The van der Waals surface area contributed by atoms with Crippen LogP contribution >= 0.6 is 31.9 Å². The monoisotopic (exact) mass is 505 g/mol. The van der Waals surface area contributed by atoms with Crippen molar-refractivity contribution in [2.24, 2.45) is 4.99 Å². The Morgan fingerprint density at radius 3 is 2.36 bits per heavy atom. The van der Waals surface area contributed by atoms with Crippen molar-refractivity contribution >= 4 is 49.8 Å². The second-order valence-electron chi connectivity index (χ2n) is 6.77. The Labute approximate surface area is 181 Å². The smallest absolute Gasteiger partial charge is 0.363 e. The number of ether oxygens (including phenoxy) is 2. The summed E-state index contributed by atoms with van der Waals surface area (Å²) in [6, 6.07) is 11.7. The van der Waals surface area contributed by atoms with Gasteiger partial charge in [0.25, 0.3) is 0 Å².